The van der Waals surface area contributed by atoms with Crippen molar-refractivity contribution in [1.29, 1.82) is 0 Å². The Morgan fingerprint density at radius 2 is 1.88 bits per heavy atom. The van der Waals surface area contributed by atoms with E-state index in [1.54, 1.807) is 18.2 Å². The van der Waals surface area contributed by atoms with Crippen LogP contribution in [0.1, 0.15) is 39.1 Å². The lowest BCUT2D eigenvalue weighted by atomic mass is 10.1. The van der Waals surface area contributed by atoms with Crippen molar-refractivity contribution in [3.8, 4) is 0 Å². The number of pyridine rings is 1. The Kier molecular flexibility index (Phi) is 5.91. The van der Waals surface area contributed by atoms with Crippen LogP contribution in [0, 0.1) is 5.82 Å². The first-order valence-electron chi connectivity index (χ1n) is 8.50. The molecular weight excluding hydrogens is 337 g/mol. The largest absolute Gasteiger partial charge is 0.376 e. The van der Waals surface area contributed by atoms with Gasteiger partial charge in [-0.2, -0.15) is 0 Å². The number of carbonyl (C=O) groups is 2. The second-order valence-corrected chi connectivity index (χ2v) is 6.08. The van der Waals surface area contributed by atoms with Crippen molar-refractivity contribution in [2.75, 3.05) is 13.2 Å². The molecule has 2 amide bonds. The molecule has 0 radical (unpaired) electrons. The lowest BCUT2D eigenvalue weighted by Crippen LogP contribution is -2.32. The Hall–Kier alpha value is -2.80. The SMILES string of the molecule is O=C(NCc1ccccc1F)c1cncc(C(=O)NCC2CCCO2)c1. The van der Waals surface area contributed by atoms with Gasteiger partial charge in [0.1, 0.15) is 5.82 Å². The van der Waals surface area contributed by atoms with Gasteiger partial charge >= 0.3 is 0 Å². The van der Waals surface area contributed by atoms with E-state index in [-0.39, 0.29) is 29.9 Å². The minimum absolute atomic E-state index is 0.0409. The summed E-state index contributed by atoms with van der Waals surface area (Å²) in [4.78, 5) is 28.4. The molecule has 1 aromatic heterocycles. The topological polar surface area (TPSA) is 80.3 Å². The summed E-state index contributed by atoms with van der Waals surface area (Å²) in [5.74, 6) is -1.11. The summed E-state index contributed by atoms with van der Waals surface area (Å²) in [6.07, 6.45) is 4.74. The molecule has 3 rings (SSSR count). The minimum atomic E-state index is -0.422. The maximum Gasteiger partial charge on any atom is 0.253 e. The van der Waals surface area contributed by atoms with Gasteiger partial charge in [0.05, 0.1) is 17.2 Å². The summed E-state index contributed by atoms with van der Waals surface area (Å²) in [6.45, 7) is 1.21. The van der Waals surface area contributed by atoms with E-state index in [9.17, 15) is 14.0 Å². The standard InChI is InChI=1S/C19H20FN3O3/c20-17-6-2-1-4-13(17)11-22-18(24)14-8-15(10-21-9-14)19(25)23-12-16-5-3-7-26-16/h1-2,4,6,8-10,16H,3,5,7,11-12H2,(H,22,24)(H,23,25). The second kappa shape index (κ2) is 8.53. The predicted molar refractivity (Wildman–Crippen MR) is 93.1 cm³/mol. The molecule has 0 spiro atoms. The van der Waals surface area contributed by atoms with Crippen LogP contribution < -0.4 is 10.6 Å². The van der Waals surface area contributed by atoms with Gasteiger partial charge in [-0.05, 0) is 25.0 Å². The monoisotopic (exact) mass is 357 g/mol. The molecule has 1 unspecified atom stereocenters. The number of amides is 2. The third-order valence-corrected chi connectivity index (χ3v) is 4.17. The van der Waals surface area contributed by atoms with Gasteiger partial charge < -0.3 is 15.4 Å². The molecule has 136 valence electrons. The number of nitrogens with zero attached hydrogens (tertiary/aromatic N) is 1. The minimum Gasteiger partial charge on any atom is -0.376 e. The van der Waals surface area contributed by atoms with Crippen molar-refractivity contribution < 1.29 is 18.7 Å². The van der Waals surface area contributed by atoms with E-state index in [2.05, 4.69) is 15.6 Å². The van der Waals surface area contributed by atoms with Crippen LogP contribution in [0.25, 0.3) is 0 Å². The summed E-state index contributed by atoms with van der Waals surface area (Å²) >= 11 is 0. The number of rotatable bonds is 6. The number of halogens is 1. The van der Waals surface area contributed by atoms with Crippen molar-refractivity contribution >= 4 is 11.8 Å². The molecule has 1 aliphatic heterocycles. The Balaban J connectivity index is 1.58. The van der Waals surface area contributed by atoms with E-state index in [0.717, 1.165) is 19.4 Å². The van der Waals surface area contributed by atoms with Gasteiger partial charge in [-0.1, -0.05) is 18.2 Å². The number of hydrogen-bond donors (Lipinski definition) is 2. The summed E-state index contributed by atoms with van der Waals surface area (Å²) in [7, 11) is 0. The number of ether oxygens (including phenoxy) is 1. The maximum absolute atomic E-state index is 13.6. The van der Waals surface area contributed by atoms with E-state index >= 15 is 0 Å². The molecule has 1 atom stereocenters. The first-order chi connectivity index (χ1) is 12.6. The quantitative estimate of drug-likeness (QED) is 0.829. The maximum atomic E-state index is 13.6. The zero-order valence-corrected chi connectivity index (χ0v) is 14.2. The highest BCUT2D eigenvalue weighted by molar-refractivity contribution is 5.99. The van der Waals surface area contributed by atoms with Gasteiger partial charge in [0.25, 0.3) is 11.8 Å². The third-order valence-electron chi connectivity index (χ3n) is 4.17. The average Bonchev–Trinajstić information content (AvgIpc) is 3.19. The normalized spacial score (nSPS) is 16.3. The molecule has 0 saturated carbocycles. The van der Waals surface area contributed by atoms with Crippen molar-refractivity contribution in [2.24, 2.45) is 0 Å². The smallest absolute Gasteiger partial charge is 0.253 e. The first kappa shape index (κ1) is 18.0. The number of aromatic nitrogens is 1. The van der Waals surface area contributed by atoms with Crippen LogP contribution in [0.2, 0.25) is 0 Å². The molecule has 2 N–H and O–H groups in total. The van der Waals surface area contributed by atoms with E-state index in [1.165, 1.54) is 24.5 Å². The Morgan fingerprint density at radius 1 is 1.15 bits per heavy atom. The number of nitrogens with one attached hydrogen (secondary N) is 2. The van der Waals surface area contributed by atoms with E-state index < -0.39 is 5.91 Å². The van der Waals surface area contributed by atoms with E-state index in [4.69, 9.17) is 4.74 Å². The molecule has 26 heavy (non-hydrogen) atoms. The van der Waals surface area contributed by atoms with Crippen LogP contribution in [0.4, 0.5) is 4.39 Å². The molecule has 2 heterocycles. The molecule has 1 aromatic carbocycles. The molecular formula is C19H20FN3O3. The lowest BCUT2D eigenvalue weighted by Gasteiger charge is -2.11. The predicted octanol–water partition coefficient (Wildman–Crippen LogP) is 2.06. The van der Waals surface area contributed by atoms with Crippen LogP contribution >= 0.6 is 0 Å². The van der Waals surface area contributed by atoms with Crippen LogP contribution in [-0.2, 0) is 11.3 Å². The van der Waals surface area contributed by atoms with Crippen LogP contribution in [-0.4, -0.2) is 36.1 Å². The number of carbonyl (C=O) groups excluding carboxylic acids is 2. The van der Waals surface area contributed by atoms with Gasteiger partial charge in [-0.15, -0.1) is 0 Å². The molecule has 1 aliphatic rings. The molecule has 0 aliphatic carbocycles. The summed E-state index contributed by atoms with van der Waals surface area (Å²) < 4.78 is 19.1. The van der Waals surface area contributed by atoms with Crippen molar-refractivity contribution in [3.05, 3.63) is 65.2 Å². The van der Waals surface area contributed by atoms with Gasteiger partial charge in [0.2, 0.25) is 0 Å². The molecule has 7 heteroatoms. The van der Waals surface area contributed by atoms with Gasteiger partial charge in [0, 0.05) is 37.7 Å². The number of hydrogen-bond acceptors (Lipinski definition) is 4. The summed E-state index contributed by atoms with van der Waals surface area (Å²) in [5.41, 5.74) is 0.923. The third kappa shape index (κ3) is 4.64. The van der Waals surface area contributed by atoms with Gasteiger partial charge in [-0.25, -0.2) is 4.39 Å². The fourth-order valence-electron chi connectivity index (χ4n) is 2.72. The van der Waals surface area contributed by atoms with E-state index in [0.29, 0.717) is 17.7 Å². The molecule has 1 fully saturated rings. The highest BCUT2D eigenvalue weighted by Crippen LogP contribution is 2.11. The van der Waals surface area contributed by atoms with E-state index in [1.807, 2.05) is 0 Å². The highest BCUT2D eigenvalue weighted by Gasteiger charge is 2.17. The van der Waals surface area contributed by atoms with Crippen molar-refractivity contribution in [2.45, 2.75) is 25.5 Å². The summed E-state index contributed by atoms with van der Waals surface area (Å²) in [6, 6.07) is 7.69. The zero-order chi connectivity index (χ0) is 18.4. The van der Waals surface area contributed by atoms with Crippen LogP contribution in [0.3, 0.4) is 0 Å². The van der Waals surface area contributed by atoms with Crippen LogP contribution in [0.15, 0.2) is 42.7 Å². The van der Waals surface area contributed by atoms with Gasteiger partial charge in [-0.3, -0.25) is 14.6 Å². The Bertz CT molecular complexity index is 791. The Morgan fingerprint density at radius 3 is 2.58 bits per heavy atom. The summed E-state index contributed by atoms with van der Waals surface area (Å²) in [5, 5.41) is 5.42. The average molecular weight is 357 g/mol. The Labute approximate surface area is 150 Å². The second-order valence-electron chi connectivity index (χ2n) is 6.08. The molecule has 0 bridgehead atoms. The fourth-order valence-corrected chi connectivity index (χ4v) is 2.72. The molecule has 6 nitrogen and oxygen atoms in total. The molecule has 1 saturated heterocycles. The van der Waals surface area contributed by atoms with Crippen molar-refractivity contribution in [3.63, 3.8) is 0 Å². The number of benzene rings is 1. The fraction of sp³-hybridized carbons (Fsp3) is 0.316. The lowest BCUT2D eigenvalue weighted by molar-refractivity contribution is 0.0857. The molecule has 2 aromatic rings. The van der Waals surface area contributed by atoms with Crippen LogP contribution in [0.5, 0.6) is 0 Å². The van der Waals surface area contributed by atoms with Crippen molar-refractivity contribution in [1.82, 2.24) is 15.6 Å². The van der Waals surface area contributed by atoms with Gasteiger partial charge in [0.15, 0.2) is 0 Å². The highest BCUT2D eigenvalue weighted by atomic mass is 19.1. The first-order valence-corrected chi connectivity index (χ1v) is 8.50. The zero-order valence-electron chi connectivity index (χ0n) is 14.2.